The molecule has 0 radical (unpaired) electrons. The number of hydrogen-bond acceptors (Lipinski definition) is 6. The Labute approximate surface area is 124 Å². The molecule has 1 aromatic heterocycles. The van der Waals surface area contributed by atoms with Crippen LogP contribution in [0.3, 0.4) is 0 Å². The largest absolute Gasteiger partial charge is 0.430 e. The van der Waals surface area contributed by atoms with Gasteiger partial charge in [-0.05, 0) is 24.3 Å². The highest BCUT2D eigenvalue weighted by molar-refractivity contribution is 9.10. The Kier molecular flexibility index (Phi) is 5.71. The number of nitrogens with zero attached hydrogens (tertiary/aromatic N) is 2. The van der Waals surface area contributed by atoms with Crippen LogP contribution in [0.5, 0.6) is 10.9 Å². The van der Waals surface area contributed by atoms with Gasteiger partial charge in [-0.15, -0.1) is 5.10 Å². The van der Waals surface area contributed by atoms with Crippen molar-refractivity contribution in [2.24, 2.45) is 0 Å². The molecule has 0 spiro atoms. The van der Waals surface area contributed by atoms with Gasteiger partial charge in [0.2, 0.25) is 0 Å². The Morgan fingerprint density at radius 2 is 2.05 bits per heavy atom. The number of aromatic nitrogens is 2. The van der Waals surface area contributed by atoms with E-state index in [1.807, 2.05) is 24.3 Å². The third kappa shape index (κ3) is 4.87. The zero-order chi connectivity index (χ0) is 13.5. The lowest BCUT2D eigenvalue weighted by Gasteiger charge is -2.00. The smallest absolute Gasteiger partial charge is 0.299 e. The molecule has 7 heteroatoms. The van der Waals surface area contributed by atoms with Gasteiger partial charge >= 0.3 is 0 Å². The molecule has 19 heavy (non-hydrogen) atoms. The van der Waals surface area contributed by atoms with Crippen LogP contribution >= 0.6 is 27.3 Å². The highest BCUT2D eigenvalue weighted by Gasteiger charge is 2.06. The molecule has 102 valence electrons. The number of ether oxygens (including phenoxy) is 2. The highest BCUT2D eigenvalue weighted by atomic mass is 79.9. The van der Waals surface area contributed by atoms with E-state index in [1.54, 1.807) is 7.11 Å². The molecule has 0 amide bonds. The fraction of sp³-hybridized carbons (Fsp3) is 0.333. The number of methoxy groups -OCH3 is 1. The van der Waals surface area contributed by atoms with E-state index in [9.17, 15) is 0 Å². The first-order valence-electron chi connectivity index (χ1n) is 5.73. The first-order valence-corrected chi connectivity index (χ1v) is 7.34. The zero-order valence-electron chi connectivity index (χ0n) is 10.4. The SMILES string of the molecule is COCCNCc1nnc(Oc2ccc(Br)cc2)s1. The lowest BCUT2D eigenvalue weighted by Crippen LogP contribution is -2.18. The summed E-state index contributed by atoms with van der Waals surface area (Å²) < 4.78 is 11.6. The quantitative estimate of drug-likeness (QED) is 0.783. The van der Waals surface area contributed by atoms with Crippen molar-refractivity contribution in [2.75, 3.05) is 20.3 Å². The van der Waals surface area contributed by atoms with Crippen LogP contribution in [0, 0.1) is 0 Å². The zero-order valence-corrected chi connectivity index (χ0v) is 12.8. The number of benzene rings is 1. The third-order valence-electron chi connectivity index (χ3n) is 2.23. The van der Waals surface area contributed by atoms with Crippen LogP contribution in [0.2, 0.25) is 0 Å². The first kappa shape index (κ1) is 14.4. The van der Waals surface area contributed by atoms with Crippen LogP contribution in [0.15, 0.2) is 28.7 Å². The second-order valence-corrected chi connectivity index (χ2v) is 5.63. The van der Waals surface area contributed by atoms with Crippen molar-refractivity contribution in [3.05, 3.63) is 33.7 Å². The van der Waals surface area contributed by atoms with Gasteiger partial charge in [-0.1, -0.05) is 32.4 Å². The fourth-order valence-electron chi connectivity index (χ4n) is 1.32. The van der Waals surface area contributed by atoms with Gasteiger partial charge in [0.15, 0.2) is 0 Å². The van der Waals surface area contributed by atoms with Crippen LogP contribution in [0.4, 0.5) is 0 Å². The number of rotatable bonds is 7. The molecule has 1 N–H and O–H groups in total. The van der Waals surface area contributed by atoms with Gasteiger partial charge in [-0.2, -0.15) is 0 Å². The predicted octanol–water partition coefficient (Wildman–Crippen LogP) is 2.83. The van der Waals surface area contributed by atoms with Gasteiger partial charge in [-0.25, -0.2) is 0 Å². The Balaban J connectivity index is 1.85. The van der Waals surface area contributed by atoms with Crippen molar-refractivity contribution < 1.29 is 9.47 Å². The summed E-state index contributed by atoms with van der Waals surface area (Å²) in [6.07, 6.45) is 0. The molecule has 1 heterocycles. The molecule has 0 aliphatic rings. The van der Waals surface area contributed by atoms with Crippen molar-refractivity contribution in [2.45, 2.75) is 6.54 Å². The number of halogens is 1. The van der Waals surface area contributed by atoms with Crippen molar-refractivity contribution >= 4 is 27.3 Å². The summed E-state index contributed by atoms with van der Waals surface area (Å²) >= 11 is 4.81. The number of hydrogen-bond donors (Lipinski definition) is 1. The minimum Gasteiger partial charge on any atom is -0.430 e. The molecule has 0 aliphatic heterocycles. The van der Waals surface area contributed by atoms with Gasteiger partial charge in [0.05, 0.1) is 6.61 Å². The second-order valence-electron chi connectivity index (χ2n) is 3.69. The fourth-order valence-corrected chi connectivity index (χ4v) is 2.27. The van der Waals surface area contributed by atoms with E-state index in [4.69, 9.17) is 9.47 Å². The Hall–Kier alpha value is -1.02. The van der Waals surface area contributed by atoms with Gasteiger partial charge in [0.25, 0.3) is 5.19 Å². The molecule has 0 atom stereocenters. The molecule has 0 saturated carbocycles. The van der Waals surface area contributed by atoms with Gasteiger partial charge in [0, 0.05) is 24.7 Å². The molecule has 0 bridgehead atoms. The highest BCUT2D eigenvalue weighted by Crippen LogP contribution is 2.25. The molecule has 1 aromatic carbocycles. The van der Waals surface area contributed by atoms with E-state index in [2.05, 4.69) is 31.4 Å². The lowest BCUT2D eigenvalue weighted by atomic mass is 10.3. The summed E-state index contributed by atoms with van der Waals surface area (Å²) in [5.41, 5.74) is 0. The summed E-state index contributed by atoms with van der Waals surface area (Å²) in [5.74, 6) is 0.748. The van der Waals surface area contributed by atoms with E-state index >= 15 is 0 Å². The van der Waals surface area contributed by atoms with E-state index in [-0.39, 0.29) is 0 Å². The molecular weight excluding hydrogens is 330 g/mol. The van der Waals surface area contributed by atoms with Gasteiger partial charge < -0.3 is 14.8 Å². The maximum atomic E-state index is 5.61. The van der Waals surface area contributed by atoms with Crippen LogP contribution in [0.25, 0.3) is 0 Å². The molecule has 2 rings (SSSR count). The molecule has 0 saturated heterocycles. The Bertz CT molecular complexity index is 504. The molecule has 0 unspecified atom stereocenters. The summed E-state index contributed by atoms with van der Waals surface area (Å²) in [6, 6.07) is 7.59. The molecule has 0 aliphatic carbocycles. The number of nitrogens with one attached hydrogen (secondary N) is 1. The molecule has 0 fully saturated rings. The Morgan fingerprint density at radius 1 is 1.26 bits per heavy atom. The maximum Gasteiger partial charge on any atom is 0.299 e. The van der Waals surface area contributed by atoms with E-state index < -0.39 is 0 Å². The molecular formula is C12H14BrN3O2S. The monoisotopic (exact) mass is 343 g/mol. The predicted molar refractivity (Wildman–Crippen MR) is 77.7 cm³/mol. The molecule has 5 nitrogen and oxygen atoms in total. The summed E-state index contributed by atoms with van der Waals surface area (Å²) in [5, 5.41) is 12.7. The average molecular weight is 344 g/mol. The van der Waals surface area contributed by atoms with Crippen molar-refractivity contribution in [3.8, 4) is 10.9 Å². The van der Waals surface area contributed by atoms with Crippen molar-refractivity contribution in [1.82, 2.24) is 15.5 Å². The minimum absolute atomic E-state index is 0.547. The van der Waals surface area contributed by atoms with Crippen molar-refractivity contribution in [3.63, 3.8) is 0 Å². The lowest BCUT2D eigenvalue weighted by molar-refractivity contribution is 0.199. The standard InChI is InChI=1S/C12H14BrN3O2S/c1-17-7-6-14-8-11-15-16-12(19-11)18-10-4-2-9(13)3-5-10/h2-5,14H,6-8H2,1H3. The van der Waals surface area contributed by atoms with Crippen molar-refractivity contribution in [1.29, 1.82) is 0 Å². The summed E-state index contributed by atoms with van der Waals surface area (Å²) in [7, 11) is 1.68. The average Bonchev–Trinajstić information content (AvgIpc) is 2.85. The second kappa shape index (κ2) is 7.54. The van der Waals surface area contributed by atoms with Gasteiger partial charge in [-0.3, -0.25) is 0 Å². The first-order chi connectivity index (χ1) is 9.28. The third-order valence-corrected chi connectivity index (χ3v) is 3.56. The Morgan fingerprint density at radius 3 is 2.79 bits per heavy atom. The normalized spacial score (nSPS) is 10.6. The van der Waals surface area contributed by atoms with Crippen LogP contribution in [-0.4, -0.2) is 30.5 Å². The van der Waals surface area contributed by atoms with Crippen LogP contribution in [-0.2, 0) is 11.3 Å². The minimum atomic E-state index is 0.547. The van der Waals surface area contributed by atoms with E-state index in [0.29, 0.717) is 18.3 Å². The summed E-state index contributed by atoms with van der Waals surface area (Å²) in [4.78, 5) is 0. The molecule has 2 aromatic rings. The topological polar surface area (TPSA) is 56.3 Å². The van der Waals surface area contributed by atoms with E-state index in [1.165, 1.54) is 11.3 Å². The van der Waals surface area contributed by atoms with Crippen LogP contribution < -0.4 is 10.1 Å². The van der Waals surface area contributed by atoms with Gasteiger partial charge in [0.1, 0.15) is 10.8 Å². The van der Waals surface area contributed by atoms with Crippen LogP contribution in [0.1, 0.15) is 5.01 Å². The van der Waals surface area contributed by atoms with E-state index in [0.717, 1.165) is 21.8 Å². The summed E-state index contributed by atoms with van der Waals surface area (Å²) in [6.45, 7) is 2.14. The maximum absolute atomic E-state index is 5.61.